The lowest BCUT2D eigenvalue weighted by Crippen LogP contribution is -2.27. The number of primary amides is 1. The lowest BCUT2D eigenvalue weighted by molar-refractivity contribution is 0.251. The van der Waals surface area contributed by atoms with Crippen LogP contribution >= 0.6 is 0 Å². The zero-order chi connectivity index (χ0) is 17.1. The number of aromatic nitrogens is 4. The van der Waals surface area contributed by atoms with E-state index in [4.69, 9.17) is 5.73 Å². The number of pyridine rings is 1. The molecule has 7 heteroatoms. The zero-order valence-electron chi connectivity index (χ0n) is 14.0. The number of likely N-dealkylation sites (N-methyl/N-ethyl adjacent to an activating group) is 1. The normalized spacial score (nSPS) is 11.5. The van der Waals surface area contributed by atoms with Gasteiger partial charge in [0.05, 0.1) is 12.7 Å². The molecule has 3 aromatic heterocycles. The third-order valence-electron chi connectivity index (χ3n) is 4.27. The van der Waals surface area contributed by atoms with Crippen molar-refractivity contribution in [2.45, 2.75) is 20.4 Å². The largest absolute Gasteiger partial charge is 0.351 e. The van der Waals surface area contributed by atoms with Gasteiger partial charge in [-0.1, -0.05) is 13.8 Å². The van der Waals surface area contributed by atoms with Gasteiger partial charge in [-0.25, -0.2) is 9.78 Å². The number of nitrogens with two attached hydrogens (primary N) is 1. The Hall–Kier alpha value is -2.67. The van der Waals surface area contributed by atoms with Gasteiger partial charge in [0, 0.05) is 41.6 Å². The number of hydrogen-bond donors (Lipinski definition) is 1. The maximum atomic E-state index is 11.3. The molecule has 0 aliphatic rings. The predicted molar refractivity (Wildman–Crippen MR) is 93.7 cm³/mol. The Morgan fingerprint density at radius 3 is 2.75 bits per heavy atom. The van der Waals surface area contributed by atoms with Gasteiger partial charge in [-0.2, -0.15) is 5.10 Å². The third-order valence-corrected chi connectivity index (χ3v) is 4.27. The molecule has 3 aromatic rings. The van der Waals surface area contributed by atoms with Gasteiger partial charge in [0.25, 0.3) is 0 Å². The van der Waals surface area contributed by atoms with Gasteiger partial charge in [-0.3, -0.25) is 9.25 Å². The Bertz CT molecular complexity index is 846. The van der Waals surface area contributed by atoms with Gasteiger partial charge in [0.1, 0.15) is 5.65 Å². The van der Waals surface area contributed by atoms with Crippen LogP contribution in [-0.2, 0) is 6.54 Å². The smallest absolute Gasteiger partial charge is 0.324 e. The molecule has 3 heterocycles. The van der Waals surface area contributed by atoms with Crippen LogP contribution in [0.4, 0.5) is 4.79 Å². The van der Waals surface area contributed by atoms with Crippen LogP contribution in [0.15, 0.2) is 36.9 Å². The Kier molecular flexibility index (Phi) is 4.61. The van der Waals surface area contributed by atoms with Crippen molar-refractivity contribution in [2.24, 2.45) is 5.73 Å². The maximum Gasteiger partial charge on any atom is 0.324 e. The molecule has 7 nitrogen and oxygen atoms in total. The highest BCUT2D eigenvalue weighted by atomic mass is 16.2. The minimum absolute atomic E-state index is 0.533. The van der Waals surface area contributed by atoms with Crippen molar-refractivity contribution in [2.75, 3.05) is 19.6 Å². The summed E-state index contributed by atoms with van der Waals surface area (Å²) in [5.74, 6) is 0. The van der Waals surface area contributed by atoms with E-state index in [9.17, 15) is 4.79 Å². The number of carbonyl (C=O) groups excluding carboxylic acids is 1. The molecule has 0 bridgehead atoms. The standard InChI is InChI=1S/C17H22N6O/c1-3-21(4-2)7-8-22-12-15(11-20-22)14-9-13-5-6-23(17(18)24)16(13)19-10-14/h5-6,9-12H,3-4,7-8H2,1-2H3,(H2,18,24). The molecule has 2 N–H and O–H groups in total. The fraction of sp³-hybridized carbons (Fsp3) is 0.353. The van der Waals surface area contributed by atoms with Crippen molar-refractivity contribution in [3.8, 4) is 11.1 Å². The first-order valence-corrected chi connectivity index (χ1v) is 8.14. The number of fused-ring (bicyclic) bond motifs is 1. The summed E-state index contributed by atoms with van der Waals surface area (Å²) in [5, 5.41) is 5.31. The average Bonchev–Trinajstić information content (AvgIpc) is 3.22. The summed E-state index contributed by atoms with van der Waals surface area (Å²) < 4.78 is 3.29. The van der Waals surface area contributed by atoms with Gasteiger partial charge >= 0.3 is 6.03 Å². The number of nitrogens with zero attached hydrogens (tertiary/aromatic N) is 5. The molecule has 24 heavy (non-hydrogen) atoms. The molecule has 0 saturated carbocycles. The van der Waals surface area contributed by atoms with Gasteiger partial charge in [-0.05, 0) is 25.2 Å². The predicted octanol–water partition coefficient (Wildman–Crippen LogP) is 2.17. The van der Waals surface area contributed by atoms with E-state index in [-0.39, 0.29) is 0 Å². The van der Waals surface area contributed by atoms with E-state index >= 15 is 0 Å². The van der Waals surface area contributed by atoms with Gasteiger partial charge in [-0.15, -0.1) is 0 Å². The Balaban J connectivity index is 1.80. The quantitative estimate of drug-likeness (QED) is 0.752. The van der Waals surface area contributed by atoms with Crippen LogP contribution in [0.5, 0.6) is 0 Å². The lowest BCUT2D eigenvalue weighted by Gasteiger charge is -2.17. The highest BCUT2D eigenvalue weighted by Gasteiger charge is 2.09. The van der Waals surface area contributed by atoms with E-state index < -0.39 is 6.03 Å². The molecule has 0 spiro atoms. The van der Waals surface area contributed by atoms with E-state index in [0.717, 1.165) is 42.7 Å². The number of hydrogen-bond acceptors (Lipinski definition) is 4. The second-order valence-corrected chi connectivity index (χ2v) is 5.68. The fourth-order valence-electron chi connectivity index (χ4n) is 2.78. The summed E-state index contributed by atoms with van der Waals surface area (Å²) in [4.78, 5) is 18.1. The minimum Gasteiger partial charge on any atom is -0.351 e. The zero-order valence-corrected chi connectivity index (χ0v) is 14.0. The number of carbonyl (C=O) groups is 1. The summed E-state index contributed by atoms with van der Waals surface area (Å²) in [6.07, 6.45) is 7.25. The van der Waals surface area contributed by atoms with Crippen LogP contribution < -0.4 is 5.73 Å². The van der Waals surface area contributed by atoms with Crippen LogP contribution in [0.25, 0.3) is 22.2 Å². The van der Waals surface area contributed by atoms with Crippen molar-refractivity contribution < 1.29 is 4.79 Å². The first kappa shape index (κ1) is 16.2. The molecule has 0 aromatic carbocycles. The van der Waals surface area contributed by atoms with Crippen molar-refractivity contribution in [1.29, 1.82) is 0 Å². The highest BCUT2D eigenvalue weighted by molar-refractivity contribution is 5.90. The molecular weight excluding hydrogens is 304 g/mol. The molecule has 0 fully saturated rings. The lowest BCUT2D eigenvalue weighted by atomic mass is 10.1. The van der Waals surface area contributed by atoms with Crippen molar-refractivity contribution >= 4 is 17.1 Å². The summed E-state index contributed by atoms with van der Waals surface area (Å²) in [7, 11) is 0. The van der Waals surface area contributed by atoms with Crippen LogP contribution in [-0.4, -0.2) is 49.9 Å². The molecule has 0 radical (unpaired) electrons. The molecular formula is C17H22N6O. The molecule has 0 aliphatic carbocycles. The Morgan fingerprint density at radius 2 is 2.04 bits per heavy atom. The molecule has 0 unspecified atom stereocenters. The van der Waals surface area contributed by atoms with E-state index in [1.807, 2.05) is 29.2 Å². The minimum atomic E-state index is -0.533. The number of rotatable bonds is 6. The molecule has 3 rings (SSSR count). The summed E-state index contributed by atoms with van der Waals surface area (Å²) in [5.41, 5.74) is 7.87. The Labute approximate surface area is 140 Å². The number of amides is 1. The SMILES string of the molecule is CCN(CC)CCn1cc(-c2cnc3c(ccn3C(N)=O)c2)cn1. The van der Waals surface area contributed by atoms with Gasteiger partial charge < -0.3 is 10.6 Å². The molecule has 0 saturated heterocycles. The molecule has 1 amide bonds. The van der Waals surface area contributed by atoms with Crippen LogP contribution in [0.1, 0.15) is 13.8 Å². The third kappa shape index (κ3) is 3.16. The summed E-state index contributed by atoms with van der Waals surface area (Å²) in [6.45, 7) is 8.25. The summed E-state index contributed by atoms with van der Waals surface area (Å²) in [6, 6.07) is 3.30. The van der Waals surface area contributed by atoms with Crippen molar-refractivity contribution in [3.63, 3.8) is 0 Å². The second-order valence-electron chi connectivity index (χ2n) is 5.68. The van der Waals surface area contributed by atoms with Crippen molar-refractivity contribution in [1.82, 2.24) is 24.2 Å². The highest BCUT2D eigenvalue weighted by Crippen LogP contribution is 2.22. The monoisotopic (exact) mass is 326 g/mol. The molecule has 0 aliphatic heterocycles. The summed E-state index contributed by atoms with van der Waals surface area (Å²) >= 11 is 0. The van der Waals surface area contributed by atoms with Crippen LogP contribution in [0, 0.1) is 0 Å². The van der Waals surface area contributed by atoms with E-state index in [1.54, 1.807) is 12.4 Å². The van der Waals surface area contributed by atoms with Crippen molar-refractivity contribution in [3.05, 3.63) is 36.9 Å². The Morgan fingerprint density at radius 1 is 1.25 bits per heavy atom. The molecule has 0 atom stereocenters. The van der Waals surface area contributed by atoms with E-state index in [0.29, 0.717) is 5.65 Å². The topological polar surface area (TPSA) is 82.0 Å². The van der Waals surface area contributed by atoms with E-state index in [2.05, 4.69) is 28.8 Å². The maximum absolute atomic E-state index is 11.3. The van der Waals surface area contributed by atoms with Crippen LogP contribution in [0.3, 0.4) is 0 Å². The first-order valence-electron chi connectivity index (χ1n) is 8.14. The molecule has 126 valence electrons. The van der Waals surface area contributed by atoms with Gasteiger partial charge in [0.15, 0.2) is 0 Å². The average molecular weight is 326 g/mol. The fourth-order valence-corrected chi connectivity index (χ4v) is 2.78. The van der Waals surface area contributed by atoms with Crippen LogP contribution in [0.2, 0.25) is 0 Å². The first-order chi connectivity index (χ1) is 11.6. The second kappa shape index (κ2) is 6.84. The van der Waals surface area contributed by atoms with E-state index in [1.165, 1.54) is 4.57 Å². The van der Waals surface area contributed by atoms with Gasteiger partial charge in [0.2, 0.25) is 0 Å².